The van der Waals surface area contributed by atoms with Crippen LogP contribution < -0.4 is 0 Å². The molecule has 0 bridgehead atoms. The molecule has 2 aromatic rings. The summed E-state index contributed by atoms with van der Waals surface area (Å²) in [5.74, 6) is 2.11. The average molecular weight is 439 g/mol. The van der Waals surface area contributed by atoms with Gasteiger partial charge in [-0.05, 0) is 65.5 Å². The first-order valence-electron chi connectivity index (χ1n) is 12.9. The first kappa shape index (κ1) is 26.3. The van der Waals surface area contributed by atoms with Gasteiger partial charge in [-0.15, -0.1) is 0 Å². The predicted octanol–water partition coefficient (Wildman–Crippen LogP) is 8.77. The molecular formula is C30H46O2. The van der Waals surface area contributed by atoms with Crippen LogP contribution in [0.5, 0.6) is 11.5 Å². The summed E-state index contributed by atoms with van der Waals surface area (Å²) in [6, 6.07) is 12.4. The van der Waals surface area contributed by atoms with Crippen LogP contribution in [0.25, 0.3) is 0 Å². The number of phenolic OH excluding ortho intramolecular Hbond substituents is 2. The van der Waals surface area contributed by atoms with E-state index in [9.17, 15) is 10.2 Å². The third-order valence-corrected chi connectivity index (χ3v) is 6.36. The molecule has 2 heteroatoms. The minimum Gasteiger partial charge on any atom is -0.508 e. The summed E-state index contributed by atoms with van der Waals surface area (Å²) in [6.45, 7) is 11.0. The van der Waals surface area contributed by atoms with E-state index in [1.807, 2.05) is 12.1 Å². The van der Waals surface area contributed by atoms with Crippen LogP contribution >= 0.6 is 0 Å². The van der Waals surface area contributed by atoms with Crippen LogP contribution in [0.15, 0.2) is 36.4 Å². The van der Waals surface area contributed by atoms with Crippen molar-refractivity contribution in [3.05, 3.63) is 58.7 Å². The maximum Gasteiger partial charge on any atom is 0.118 e. The lowest BCUT2D eigenvalue weighted by Gasteiger charge is -2.21. The largest absolute Gasteiger partial charge is 0.508 e. The van der Waals surface area contributed by atoms with E-state index in [-0.39, 0.29) is 0 Å². The molecule has 0 amide bonds. The third kappa shape index (κ3) is 8.52. The maximum atomic E-state index is 10.4. The van der Waals surface area contributed by atoms with Gasteiger partial charge in [0.05, 0.1) is 0 Å². The van der Waals surface area contributed by atoms with E-state index in [0.29, 0.717) is 29.3 Å². The summed E-state index contributed by atoms with van der Waals surface area (Å²) in [6.07, 6.45) is 12.0. The molecule has 2 nitrogen and oxygen atoms in total. The molecular weight excluding hydrogens is 392 g/mol. The first-order valence-corrected chi connectivity index (χ1v) is 12.9. The summed E-state index contributed by atoms with van der Waals surface area (Å²) < 4.78 is 0. The summed E-state index contributed by atoms with van der Waals surface area (Å²) >= 11 is 0. The van der Waals surface area contributed by atoms with Gasteiger partial charge in [-0.1, -0.05) is 104 Å². The van der Waals surface area contributed by atoms with Gasteiger partial charge in [0.15, 0.2) is 0 Å². The fraction of sp³-hybridized carbons (Fsp3) is 0.600. The van der Waals surface area contributed by atoms with Crippen molar-refractivity contribution in [2.75, 3.05) is 0 Å². The molecule has 0 radical (unpaired) electrons. The van der Waals surface area contributed by atoms with Crippen molar-refractivity contribution in [3.63, 3.8) is 0 Å². The zero-order valence-electron chi connectivity index (χ0n) is 21.2. The Morgan fingerprint density at radius 3 is 1.50 bits per heavy atom. The molecule has 32 heavy (non-hydrogen) atoms. The topological polar surface area (TPSA) is 40.5 Å². The fourth-order valence-electron chi connectivity index (χ4n) is 4.68. The van der Waals surface area contributed by atoms with E-state index < -0.39 is 0 Å². The van der Waals surface area contributed by atoms with Crippen molar-refractivity contribution in [3.8, 4) is 11.5 Å². The Balaban J connectivity index is 2.26. The van der Waals surface area contributed by atoms with E-state index in [2.05, 4.69) is 58.9 Å². The highest BCUT2D eigenvalue weighted by atomic mass is 16.3. The number of aromatic hydroxyl groups is 2. The van der Waals surface area contributed by atoms with Crippen molar-refractivity contribution in [2.24, 2.45) is 11.8 Å². The molecule has 0 spiro atoms. The van der Waals surface area contributed by atoms with Gasteiger partial charge in [0, 0.05) is 5.92 Å². The summed E-state index contributed by atoms with van der Waals surface area (Å²) in [5.41, 5.74) is 4.66. The van der Waals surface area contributed by atoms with Gasteiger partial charge in [0.25, 0.3) is 0 Å². The van der Waals surface area contributed by atoms with Crippen molar-refractivity contribution in [1.82, 2.24) is 0 Å². The van der Waals surface area contributed by atoms with Crippen molar-refractivity contribution >= 4 is 0 Å². The predicted molar refractivity (Wildman–Crippen MR) is 138 cm³/mol. The summed E-state index contributed by atoms with van der Waals surface area (Å²) in [7, 11) is 0. The van der Waals surface area contributed by atoms with Crippen LogP contribution in [0, 0.1) is 11.8 Å². The van der Waals surface area contributed by atoms with Crippen molar-refractivity contribution in [2.45, 2.75) is 105 Å². The molecule has 0 saturated heterocycles. The zero-order valence-corrected chi connectivity index (χ0v) is 21.2. The van der Waals surface area contributed by atoms with E-state index >= 15 is 0 Å². The molecule has 0 aliphatic rings. The van der Waals surface area contributed by atoms with E-state index in [1.165, 1.54) is 56.1 Å². The van der Waals surface area contributed by atoms with E-state index in [0.717, 1.165) is 30.4 Å². The normalized spacial score (nSPS) is 11.8. The molecule has 0 heterocycles. The Hall–Kier alpha value is -1.96. The number of unbranched alkanes of at least 4 members (excludes halogenated alkanes) is 6. The molecule has 2 rings (SSSR count). The van der Waals surface area contributed by atoms with Gasteiger partial charge in [0.1, 0.15) is 11.5 Å². The molecule has 0 fully saturated rings. The highest BCUT2D eigenvalue weighted by Crippen LogP contribution is 2.35. The molecule has 0 atom stereocenters. The van der Waals surface area contributed by atoms with Gasteiger partial charge in [0.2, 0.25) is 0 Å². The van der Waals surface area contributed by atoms with Crippen LogP contribution in [0.1, 0.15) is 114 Å². The number of hydrogen-bond acceptors (Lipinski definition) is 2. The molecule has 178 valence electrons. The Kier molecular flexibility index (Phi) is 11.1. The van der Waals surface area contributed by atoms with Crippen LogP contribution in [0.2, 0.25) is 0 Å². The Morgan fingerprint density at radius 2 is 1.06 bits per heavy atom. The zero-order chi connectivity index (χ0) is 23.5. The number of hydrogen-bond donors (Lipinski definition) is 2. The smallest absolute Gasteiger partial charge is 0.118 e. The molecule has 0 saturated carbocycles. The highest BCUT2D eigenvalue weighted by Gasteiger charge is 2.18. The van der Waals surface area contributed by atoms with Crippen molar-refractivity contribution < 1.29 is 10.2 Å². The fourth-order valence-corrected chi connectivity index (χ4v) is 4.68. The molecule has 2 N–H and O–H groups in total. The monoisotopic (exact) mass is 438 g/mol. The van der Waals surface area contributed by atoms with Gasteiger partial charge < -0.3 is 10.2 Å². The highest BCUT2D eigenvalue weighted by molar-refractivity contribution is 5.44. The molecule has 0 aliphatic heterocycles. The summed E-state index contributed by atoms with van der Waals surface area (Å²) in [5, 5.41) is 20.8. The number of benzene rings is 2. The molecule has 0 aliphatic carbocycles. The van der Waals surface area contributed by atoms with Gasteiger partial charge in [-0.3, -0.25) is 0 Å². The number of rotatable bonds is 14. The van der Waals surface area contributed by atoms with Gasteiger partial charge >= 0.3 is 0 Å². The quantitative estimate of drug-likeness (QED) is 0.289. The standard InChI is InChI=1S/C30H46O2/c1-6-7-8-9-10-11-12-13-28(24-14-16-29(31)26(20-24)18-22(2)3)25-15-17-30(32)27(21-25)19-23(4)5/h14-17,20-23,28,31-32H,6-13,18-19H2,1-5H3. The van der Waals surface area contributed by atoms with Gasteiger partial charge in [-0.2, -0.15) is 0 Å². The summed E-state index contributed by atoms with van der Waals surface area (Å²) in [4.78, 5) is 0. The minimum absolute atomic E-state index is 0.295. The van der Waals surface area contributed by atoms with E-state index in [4.69, 9.17) is 0 Å². The van der Waals surface area contributed by atoms with E-state index in [1.54, 1.807) is 0 Å². The second-order valence-corrected chi connectivity index (χ2v) is 10.4. The van der Waals surface area contributed by atoms with Crippen LogP contribution in [-0.2, 0) is 12.8 Å². The second kappa shape index (κ2) is 13.6. The average Bonchev–Trinajstić information content (AvgIpc) is 2.73. The Morgan fingerprint density at radius 1 is 0.625 bits per heavy atom. The van der Waals surface area contributed by atoms with Crippen LogP contribution in [0.4, 0.5) is 0 Å². The molecule has 2 aromatic carbocycles. The molecule has 0 unspecified atom stereocenters. The lowest BCUT2D eigenvalue weighted by molar-refractivity contribution is 0.461. The lowest BCUT2D eigenvalue weighted by Crippen LogP contribution is -2.05. The van der Waals surface area contributed by atoms with Crippen LogP contribution in [-0.4, -0.2) is 10.2 Å². The molecule has 0 aromatic heterocycles. The van der Waals surface area contributed by atoms with Crippen LogP contribution in [0.3, 0.4) is 0 Å². The Bertz CT molecular complexity index is 747. The first-order chi connectivity index (χ1) is 15.3. The second-order valence-electron chi connectivity index (χ2n) is 10.4. The lowest BCUT2D eigenvalue weighted by atomic mass is 9.84. The number of phenols is 2. The third-order valence-electron chi connectivity index (χ3n) is 6.36. The van der Waals surface area contributed by atoms with Gasteiger partial charge in [-0.25, -0.2) is 0 Å². The maximum absolute atomic E-state index is 10.4. The SMILES string of the molecule is CCCCCCCCCC(c1ccc(O)c(CC(C)C)c1)c1ccc(O)c(CC(C)C)c1. The Labute approximate surface area is 197 Å². The minimum atomic E-state index is 0.295. The van der Waals surface area contributed by atoms with Crippen molar-refractivity contribution in [1.29, 1.82) is 0 Å².